The van der Waals surface area contributed by atoms with Crippen LogP contribution >= 0.6 is 11.6 Å². The van der Waals surface area contributed by atoms with E-state index in [1.165, 1.54) is 12.8 Å². The summed E-state index contributed by atoms with van der Waals surface area (Å²) in [5.41, 5.74) is 0.770. The zero-order chi connectivity index (χ0) is 19.5. The third-order valence-corrected chi connectivity index (χ3v) is 3.93. The molecule has 1 aliphatic carbocycles. The quantitative estimate of drug-likeness (QED) is 0.595. The maximum atomic E-state index is 12.0. The van der Waals surface area contributed by atoms with Crippen molar-refractivity contribution in [2.75, 3.05) is 25.0 Å². The molecule has 0 aliphatic heterocycles. The van der Waals surface area contributed by atoms with Crippen LogP contribution in [0.4, 0.5) is 5.69 Å². The van der Waals surface area contributed by atoms with Crippen LogP contribution in [0.15, 0.2) is 24.3 Å². The molecule has 0 atom stereocenters. The fourth-order valence-electron chi connectivity index (χ4n) is 2.33. The van der Waals surface area contributed by atoms with Gasteiger partial charge in [-0.3, -0.25) is 4.79 Å². The van der Waals surface area contributed by atoms with E-state index in [2.05, 4.69) is 17.1 Å². The third kappa shape index (κ3) is 10.0. The third-order valence-electron chi connectivity index (χ3n) is 3.70. The molecule has 0 radical (unpaired) electrons. The molecule has 0 spiro atoms. The van der Waals surface area contributed by atoms with Gasteiger partial charge < -0.3 is 20.4 Å². The second-order valence-corrected chi connectivity index (χ2v) is 6.60. The monoisotopic (exact) mass is 384 g/mol. The summed E-state index contributed by atoms with van der Waals surface area (Å²) in [7, 11) is 0. The van der Waals surface area contributed by atoms with Crippen LogP contribution in [0.1, 0.15) is 32.6 Å². The van der Waals surface area contributed by atoms with Crippen molar-refractivity contribution in [3.8, 4) is 0 Å². The molecule has 0 unspecified atom stereocenters. The number of amides is 1. The number of aliphatic carboxylic acids is 2. The van der Waals surface area contributed by atoms with Crippen LogP contribution in [-0.4, -0.2) is 52.6 Å². The summed E-state index contributed by atoms with van der Waals surface area (Å²) in [6.07, 6.45) is 4.39. The molecule has 2 rings (SSSR count). The van der Waals surface area contributed by atoms with Crippen molar-refractivity contribution in [2.24, 2.45) is 5.92 Å². The Morgan fingerprint density at radius 2 is 1.85 bits per heavy atom. The van der Waals surface area contributed by atoms with Crippen LogP contribution in [0, 0.1) is 5.92 Å². The minimum Gasteiger partial charge on any atom is -0.473 e. The Kier molecular flexibility index (Phi) is 9.69. The fraction of sp³-hybridized carbons (Fsp3) is 0.500. The smallest absolute Gasteiger partial charge is 0.414 e. The molecule has 1 saturated carbocycles. The largest absolute Gasteiger partial charge is 0.473 e. The van der Waals surface area contributed by atoms with Gasteiger partial charge in [-0.05, 0) is 49.9 Å². The van der Waals surface area contributed by atoms with Gasteiger partial charge in [0.2, 0.25) is 5.91 Å². The van der Waals surface area contributed by atoms with Gasteiger partial charge in [-0.25, -0.2) is 9.59 Å². The molecule has 3 N–H and O–H groups in total. The Hall–Kier alpha value is -2.12. The topological polar surface area (TPSA) is 107 Å². The van der Waals surface area contributed by atoms with Crippen molar-refractivity contribution < 1.29 is 24.6 Å². The highest BCUT2D eigenvalue weighted by molar-refractivity contribution is 6.30. The number of carbonyl (C=O) groups is 3. The van der Waals surface area contributed by atoms with Crippen LogP contribution in [-0.2, 0) is 14.4 Å². The zero-order valence-corrected chi connectivity index (χ0v) is 15.5. The van der Waals surface area contributed by atoms with Crippen molar-refractivity contribution in [3.05, 3.63) is 29.3 Å². The van der Waals surface area contributed by atoms with Gasteiger partial charge in [0.05, 0.1) is 0 Å². The van der Waals surface area contributed by atoms with Gasteiger partial charge in [-0.2, -0.15) is 0 Å². The molecule has 0 heterocycles. The lowest BCUT2D eigenvalue weighted by Gasteiger charge is -2.21. The summed E-state index contributed by atoms with van der Waals surface area (Å²) in [6, 6.07) is 7.27. The van der Waals surface area contributed by atoms with E-state index in [1.54, 1.807) is 12.1 Å². The first kappa shape index (κ1) is 21.9. The number of hydrogen-bond donors (Lipinski definition) is 3. The number of hydrogen-bond acceptors (Lipinski definition) is 4. The first-order valence-electron chi connectivity index (χ1n) is 8.55. The Labute approximate surface area is 157 Å². The lowest BCUT2D eigenvalue weighted by Crippen LogP contribution is -2.30. The van der Waals surface area contributed by atoms with E-state index in [-0.39, 0.29) is 5.91 Å². The van der Waals surface area contributed by atoms with Crippen molar-refractivity contribution >= 4 is 35.1 Å². The van der Waals surface area contributed by atoms with Gasteiger partial charge in [0, 0.05) is 30.2 Å². The summed E-state index contributed by atoms with van der Waals surface area (Å²) in [5, 5.41) is 18.3. The Morgan fingerprint density at radius 3 is 2.35 bits per heavy atom. The lowest BCUT2D eigenvalue weighted by atomic mass is 10.2. The molecular formula is C18H25ClN2O5. The van der Waals surface area contributed by atoms with Gasteiger partial charge in [0.15, 0.2) is 0 Å². The number of carboxylic acid groups (broad SMARTS) is 2. The molecule has 1 fully saturated rings. The van der Waals surface area contributed by atoms with E-state index in [9.17, 15) is 4.79 Å². The maximum Gasteiger partial charge on any atom is 0.414 e. The SMILES string of the molecule is CCCN(CCC(=O)Nc1cccc(Cl)c1)CC1CC1.O=C(O)C(=O)O. The molecular weight excluding hydrogens is 360 g/mol. The molecule has 0 aromatic heterocycles. The average Bonchev–Trinajstić information content (AvgIpc) is 3.37. The standard InChI is InChI=1S/C16H23ClN2O.C2H2O4/c1-2-9-19(12-13-6-7-13)10-8-16(20)18-15-5-3-4-14(17)11-15;3-1(4)2(5)6/h3-5,11,13H,2,6-10,12H2,1H3,(H,18,20);(H,3,4)(H,5,6). The fourth-order valence-corrected chi connectivity index (χ4v) is 2.52. The number of carboxylic acids is 2. The van der Waals surface area contributed by atoms with Crippen molar-refractivity contribution in [1.29, 1.82) is 0 Å². The molecule has 0 saturated heterocycles. The predicted molar refractivity (Wildman–Crippen MR) is 99.4 cm³/mol. The van der Waals surface area contributed by atoms with E-state index in [0.717, 1.165) is 37.7 Å². The van der Waals surface area contributed by atoms with Gasteiger partial charge in [0.25, 0.3) is 0 Å². The molecule has 144 valence electrons. The summed E-state index contributed by atoms with van der Waals surface area (Å²) in [4.78, 5) is 32.6. The normalized spacial score (nSPS) is 12.9. The summed E-state index contributed by atoms with van der Waals surface area (Å²) in [5.74, 6) is -2.72. The highest BCUT2D eigenvalue weighted by Crippen LogP contribution is 2.29. The molecule has 1 aromatic rings. The first-order valence-corrected chi connectivity index (χ1v) is 8.93. The van der Waals surface area contributed by atoms with E-state index in [1.807, 2.05) is 12.1 Å². The van der Waals surface area contributed by atoms with E-state index >= 15 is 0 Å². The van der Waals surface area contributed by atoms with Crippen molar-refractivity contribution in [1.82, 2.24) is 4.90 Å². The highest BCUT2D eigenvalue weighted by Gasteiger charge is 2.24. The van der Waals surface area contributed by atoms with E-state index in [0.29, 0.717) is 11.4 Å². The number of rotatable bonds is 8. The van der Waals surface area contributed by atoms with Gasteiger partial charge >= 0.3 is 11.9 Å². The van der Waals surface area contributed by atoms with E-state index in [4.69, 9.17) is 31.4 Å². The first-order chi connectivity index (χ1) is 12.3. The Balaban J connectivity index is 0.000000487. The average molecular weight is 385 g/mol. The van der Waals surface area contributed by atoms with Crippen LogP contribution in [0.2, 0.25) is 5.02 Å². The molecule has 0 bridgehead atoms. The van der Waals surface area contributed by atoms with Crippen LogP contribution in [0.3, 0.4) is 0 Å². The maximum absolute atomic E-state index is 12.0. The lowest BCUT2D eigenvalue weighted by molar-refractivity contribution is -0.159. The predicted octanol–water partition coefficient (Wildman–Crippen LogP) is 2.95. The van der Waals surface area contributed by atoms with Crippen LogP contribution < -0.4 is 5.32 Å². The molecule has 8 heteroatoms. The second-order valence-electron chi connectivity index (χ2n) is 6.16. The number of nitrogens with zero attached hydrogens (tertiary/aromatic N) is 1. The second kappa shape index (κ2) is 11.5. The summed E-state index contributed by atoms with van der Waals surface area (Å²) in [6.45, 7) is 5.27. The number of anilines is 1. The highest BCUT2D eigenvalue weighted by atomic mass is 35.5. The van der Waals surface area contributed by atoms with E-state index < -0.39 is 11.9 Å². The molecule has 26 heavy (non-hydrogen) atoms. The van der Waals surface area contributed by atoms with Crippen LogP contribution in [0.25, 0.3) is 0 Å². The summed E-state index contributed by atoms with van der Waals surface area (Å²) >= 11 is 5.90. The molecule has 1 aliphatic rings. The molecule has 1 aromatic carbocycles. The minimum absolute atomic E-state index is 0.0594. The van der Waals surface area contributed by atoms with Gasteiger partial charge in [-0.15, -0.1) is 0 Å². The molecule has 7 nitrogen and oxygen atoms in total. The minimum atomic E-state index is -1.82. The number of benzene rings is 1. The number of halogens is 1. The van der Waals surface area contributed by atoms with Crippen LogP contribution in [0.5, 0.6) is 0 Å². The number of carbonyl (C=O) groups excluding carboxylic acids is 1. The van der Waals surface area contributed by atoms with Gasteiger partial charge in [-0.1, -0.05) is 24.6 Å². The summed E-state index contributed by atoms with van der Waals surface area (Å²) < 4.78 is 0. The van der Waals surface area contributed by atoms with Crippen molar-refractivity contribution in [2.45, 2.75) is 32.6 Å². The van der Waals surface area contributed by atoms with Gasteiger partial charge in [0.1, 0.15) is 0 Å². The number of nitrogens with one attached hydrogen (secondary N) is 1. The molecule has 1 amide bonds. The van der Waals surface area contributed by atoms with Crippen molar-refractivity contribution in [3.63, 3.8) is 0 Å². The Bertz CT molecular complexity index is 607. The Morgan fingerprint density at radius 1 is 1.19 bits per heavy atom. The zero-order valence-electron chi connectivity index (χ0n) is 14.8.